The Morgan fingerprint density at radius 3 is 2.39 bits per heavy atom. The molecular formula is C16H16F3N3S. The zero-order chi connectivity index (χ0) is 16.8. The van der Waals surface area contributed by atoms with Gasteiger partial charge in [0.1, 0.15) is 5.82 Å². The number of benzene rings is 2. The number of halogens is 3. The van der Waals surface area contributed by atoms with Gasteiger partial charge in [-0.25, -0.2) is 13.2 Å². The Hall–Kier alpha value is -2.12. The normalized spacial score (nSPS) is 11.8. The average Bonchev–Trinajstić information content (AvgIpc) is 2.51. The van der Waals surface area contributed by atoms with Crippen LogP contribution >= 0.6 is 12.2 Å². The SMILES string of the molecule is N[C@H](CNC(=S)Nc1ccccc1)Cc1cc(F)c(F)cc1F. The van der Waals surface area contributed by atoms with E-state index in [0.717, 1.165) is 11.8 Å². The Kier molecular flexibility index (Phi) is 5.95. The van der Waals surface area contributed by atoms with E-state index in [-0.39, 0.29) is 18.5 Å². The number of rotatable bonds is 5. The third kappa shape index (κ3) is 5.22. The van der Waals surface area contributed by atoms with Crippen molar-refractivity contribution in [1.29, 1.82) is 0 Å². The molecule has 122 valence electrons. The Balaban J connectivity index is 1.84. The summed E-state index contributed by atoms with van der Waals surface area (Å²) in [6, 6.07) is 10.1. The predicted octanol–water partition coefficient (Wildman–Crippen LogP) is 2.96. The lowest BCUT2D eigenvalue weighted by Gasteiger charge is -2.16. The fraction of sp³-hybridized carbons (Fsp3) is 0.188. The number of anilines is 1. The van der Waals surface area contributed by atoms with Gasteiger partial charge in [-0.05, 0) is 42.4 Å². The van der Waals surface area contributed by atoms with E-state index in [9.17, 15) is 13.2 Å². The first kappa shape index (κ1) is 17.2. The van der Waals surface area contributed by atoms with Crippen molar-refractivity contribution >= 4 is 23.0 Å². The molecule has 1 atom stereocenters. The fourth-order valence-electron chi connectivity index (χ4n) is 2.00. The maximum absolute atomic E-state index is 13.6. The Morgan fingerprint density at radius 2 is 1.70 bits per heavy atom. The smallest absolute Gasteiger partial charge is 0.170 e. The van der Waals surface area contributed by atoms with Crippen molar-refractivity contribution in [2.24, 2.45) is 5.73 Å². The van der Waals surface area contributed by atoms with Gasteiger partial charge in [0.25, 0.3) is 0 Å². The summed E-state index contributed by atoms with van der Waals surface area (Å²) in [5.74, 6) is -3.13. The molecule has 23 heavy (non-hydrogen) atoms. The van der Waals surface area contributed by atoms with Crippen molar-refractivity contribution < 1.29 is 13.2 Å². The molecule has 0 bridgehead atoms. The molecule has 0 fully saturated rings. The van der Waals surface area contributed by atoms with Crippen LogP contribution in [-0.4, -0.2) is 17.7 Å². The topological polar surface area (TPSA) is 50.1 Å². The first-order chi connectivity index (χ1) is 11.0. The van der Waals surface area contributed by atoms with Crippen molar-refractivity contribution in [3.05, 3.63) is 65.5 Å². The molecule has 0 aliphatic heterocycles. The van der Waals surface area contributed by atoms with Crippen LogP contribution in [0.2, 0.25) is 0 Å². The summed E-state index contributed by atoms with van der Waals surface area (Å²) in [6.07, 6.45) is 0.0595. The highest BCUT2D eigenvalue weighted by Crippen LogP contribution is 2.15. The van der Waals surface area contributed by atoms with Crippen LogP contribution in [0.1, 0.15) is 5.56 Å². The second-order valence-electron chi connectivity index (χ2n) is 5.02. The Bertz CT molecular complexity index is 680. The molecule has 0 unspecified atom stereocenters. The molecule has 2 aromatic rings. The molecule has 7 heteroatoms. The molecule has 3 nitrogen and oxygen atoms in total. The van der Waals surface area contributed by atoms with E-state index in [0.29, 0.717) is 11.2 Å². The molecule has 0 saturated carbocycles. The summed E-state index contributed by atoms with van der Waals surface area (Å²) in [5, 5.41) is 6.24. The van der Waals surface area contributed by atoms with E-state index in [1.165, 1.54) is 0 Å². The quantitative estimate of drug-likeness (QED) is 0.579. The standard InChI is InChI=1S/C16H16F3N3S/c17-13-8-15(19)14(18)7-10(13)6-11(20)9-21-16(23)22-12-4-2-1-3-5-12/h1-5,7-8,11H,6,9,20H2,(H2,21,22,23)/t11-/m0/s1. The highest BCUT2D eigenvalue weighted by molar-refractivity contribution is 7.80. The maximum atomic E-state index is 13.6. The van der Waals surface area contributed by atoms with Crippen molar-refractivity contribution in [1.82, 2.24) is 5.32 Å². The Morgan fingerprint density at radius 1 is 1.04 bits per heavy atom. The van der Waals surface area contributed by atoms with Crippen LogP contribution in [0.5, 0.6) is 0 Å². The minimum Gasteiger partial charge on any atom is -0.361 e. The number of nitrogens with two attached hydrogens (primary N) is 1. The number of hydrogen-bond donors (Lipinski definition) is 3. The minimum absolute atomic E-state index is 0.0279. The monoisotopic (exact) mass is 339 g/mol. The number of thiocarbonyl (C=S) groups is 1. The van der Waals surface area contributed by atoms with Crippen LogP contribution in [0.3, 0.4) is 0 Å². The lowest BCUT2D eigenvalue weighted by atomic mass is 10.1. The summed E-state index contributed by atoms with van der Waals surface area (Å²) in [4.78, 5) is 0. The molecule has 0 aliphatic rings. The van der Waals surface area contributed by atoms with Crippen molar-refractivity contribution in [3.8, 4) is 0 Å². The Labute approximate surface area is 137 Å². The summed E-state index contributed by atoms with van der Waals surface area (Å²) in [6.45, 7) is 0.261. The molecule has 4 N–H and O–H groups in total. The highest BCUT2D eigenvalue weighted by Gasteiger charge is 2.13. The molecule has 0 aromatic heterocycles. The number of nitrogens with one attached hydrogen (secondary N) is 2. The summed E-state index contributed by atoms with van der Waals surface area (Å²) in [5.41, 5.74) is 6.72. The van der Waals surface area contributed by atoms with Crippen LogP contribution in [-0.2, 0) is 6.42 Å². The highest BCUT2D eigenvalue weighted by atomic mass is 32.1. The molecular weight excluding hydrogens is 323 g/mol. The lowest BCUT2D eigenvalue weighted by Crippen LogP contribution is -2.40. The number of para-hydroxylation sites is 1. The summed E-state index contributed by atoms with van der Waals surface area (Å²) < 4.78 is 39.6. The number of hydrogen-bond acceptors (Lipinski definition) is 2. The second kappa shape index (κ2) is 7.94. The van der Waals surface area contributed by atoms with Crippen LogP contribution in [0.25, 0.3) is 0 Å². The second-order valence-corrected chi connectivity index (χ2v) is 5.43. The molecule has 0 radical (unpaired) electrons. The van der Waals surface area contributed by atoms with Crippen LogP contribution in [0.15, 0.2) is 42.5 Å². The van der Waals surface area contributed by atoms with Gasteiger partial charge < -0.3 is 16.4 Å². The molecule has 0 saturated heterocycles. The van der Waals surface area contributed by atoms with E-state index >= 15 is 0 Å². The van der Waals surface area contributed by atoms with Gasteiger partial charge in [-0.3, -0.25) is 0 Å². The molecule has 0 spiro atoms. The van der Waals surface area contributed by atoms with Crippen molar-refractivity contribution in [2.45, 2.75) is 12.5 Å². The molecule has 2 aromatic carbocycles. The van der Waals surface area contributed by atoms with E-state index < -0.39 is 23.5 Å². The zero-order valence-corrected chi connectivity index (χ0v) is 13.0. The molecule has 0 aliphatic carbocycles. The van der Waals surface area contributed by atoms with Gasteiger partial charge in [0.2, 0.25) is 0 Å². The predicted molar refractivity (Wildman–Crippen MR) is 88.7 cm³/mol. The average molecular weight is 339 g/mol. The van der Waals surface area contributed by atoms with Crippen molar-refractivity contribution in [2.75, 3.05) is 11.9 Å². The summed E-state index contributed by atoms with van der Waals surface area (Å²) >= 11 is 5.12. The van der Waals surface area contributed by atoms with Crippen LogP contribution < -0.4 is 16.4 Å². The third-order valence-electron chi connectivity index (χ3n) is 3.13. The summed E-state index contributed by atoms with van der Waals surface area (Å²) in [7, 11) is 0. The van der Waals surface area contributed by atoms with Gasteiger partial charge in [-0.2, -0.15) is 0 Å². The van der Waals surface area contributed by atoms with Gasteiger partial charge in [-0.1, -0.05) is 18.2 Å². The zero-order valence-electron chi connectivity index (χ0n) is 12.2. The van der Waals surface area contributed by atoms with Crippen LogP contribution in [0, 0.1) is 17.5 Å². The van der Waals surface area contributed by atoms with Crippen molar-refractivity contribution in [3.63, 3.8) is 0 Å². The molecule has 0 amide bonds. The minimum atomic E-state index is -1.22. The van der Waals surface area contributed by atoms with Gasteiger partial charge in [0, 0.05) is 24.3 Å². The van der Waals surface area contributed by atoms with Gasteiger partial charge in [0.05, 0.1) is 0 Å². The van der Waals surface area contributed by atoms with E-state index in [4.69, 9.17) is 18.0 Å². The first-order valence-electron chi connectivity index (χ1n) is 6.94. The molecule has 0 heterocycles. The van der Waals surface area contributed by atoms with E-state index in [2.05, 4.69) is 10.6 Å². The van der Waals surface area contributed by atoms with Gasteiger partial charge in [0.15, 0.2) is 16.7 Å². The van der Waals surface area contributed by atoms with E-state index in [1.807, 2.05) is 30.3 Å². The molecule has 2 rings (SSSR count). The fourth-order valence-corrected chi connectivity index (χ4v) is 2.20. The first-order valence-corrected chi connectivity index (χ1v) is 7.35. The van der Waals surface area contributed by atoms with Gasteiger partial charge in [-0.15, -0.1) is 0 Å². The maximum Gasteiger partial charge on any atom is 0.170 e. The lowest BCUT2D eigenvalue weighted by molar-refractivity contribution is 0.486. The largest absolute Gasteiger partial charge is 0.361 e. The van der Waals surface area contributed by atoms with Gasteiger partial charge >= 0.3 is 0 Å². The third-order valence-corrected chi connectivity index (χ3v) is 3.37. The van der Waals surface area contributed by atoms with Crippen LogP contribution in [0.4, 0.5) is 18.9 Å². The van der Waals surface area contributed by atoms with E-state index in [1.54, 1.807) is 0 Å².